The number of benzene rings is 3. The number of hydrogen-bond donors (Lipinski definition) is 0. The van der Waals surface area contributed by atoms with Gasteiger partial charge in [-0.15, -0.1) is 12.4 Å². The van der Waals surface area contributed by atoms with Gasteiger partial charge < -0.3 is 4.90 Å². The molecule has 32 heavy (non-hydrogen) atoms. The Morgan fingerprint density at radius 2 is 1.44 bits per heavy atom. The van der Waals surface area contributed by atoms with Crippen LogP contribution in [0.4, 0.5) is 5.69 Å². The highest BCUT2D eigenvalue weighted by molar-refractivity contribution is 7.90. The highest BCUT2D eigenvalue weighted by atomic mass is 35.5. The Hall–Kier alpha value is -2.87. The molecule has 4 aromatic rings. The number of aromatic nitrogens is 2. The van der Waals surface area contributed by atoms with Gasteiger partial charge in [-0.1, -0.05) is 54.6 Å². The number of anilines is 1. The van der Waals surface area contributed by atoms with Crippen molar-refractivity contribution >= 4 is 39.0 Å². The maximum atomic E-state index is 13.1. The van der Waals surface area contributed by atoms with Crippen molar-refractivity contribution in [3.63, 3.8) is 0 Å². The van der Waals surface area contributed by atoms with E-state index in [0.29, 0.717) is 5.52 Å². The molecule has 6 nitrogen and oxygen atoms in total. The molecular formula is C24H25ClN4O2S. The predicted molar refractivity (Wildman–Crippen MR) is 130 cm³/mol. The first-order valence-electron chi connectivity index (χ1n) is 10.4. The SMILES string of the molecule is Cl.O=S(=O)(c1ccccc1)n1ncc2c(N3CCN(Cc4ccccc4)CC3)cccc21. The maximum absolute atomic E-state index is 13.1. The van der Waals surface area contributed by atoms with Gasteiger partial charge in [0.15, 0.2) is 0 Å². The Kier molecular flexibility index (Phi) is 6.50. The highest BCUT2D eigenvalue weighted by Gasteiger charge is 2.23. The average Bonchev–Trinajstić information content (AvgIpc) is 3.26. The zero-order valence-electron chi connectivity index (χ0n) is 17.5. The lowest BCUT2D eigenvalue weighted by atomic mass is 10.1. The normalized spacial score (nSPS) is 14.9. The largest absolute Gasteiger partial charge is 0.368 e. The molecule has 0 radical (unpaired) electrons. The molecule has 0 amide bonds. The molecular weight excluding hydrogens is 444 g/mol. The van der Waals surface area contributed by atoms with Crippen LogP contribution in [0.3, 0.4) is 0 Å². The zero-order valence-corrected chi connectivity index (χ0v) is 19.2. The molecule has 1 saturated heterocycles. The van der Waals surface area contributed by atoms with E-state index in [1.807, 2.05) is 18.2 Å². The standard InChI is InChI=1S/C24H24N4O2S.ClH/c29-31(30,21-10-5-2-6-11-21)28-24-13-7-12-23(22(24)18-25-28)27-16-14-26(15-17-27)19-20-8-3-1-4-9-20;/h1-13,18H,14-17,19H2;1H. The molecule has 3 aromatic carbocycles. The molecule has 0 spiro atoms. The van der Waals surface area contributed by atoms with Crippen LogP contribution in [0.5, 0.6) is 0 Å². The van der Waals surface area contributed by atoms with Gasteiger partial charge >= 0.3 is 0 Å². The van der Waals surface area contributed by atoms with Crippen LogP contribution in [0.25, 0.3) is 10.9 Å². The van der Waals surface area contributed by atoms with Crippen molar-refractivity contribution in [1.29, 1.82) is 0 Å². The fourth-order valence-electron chi connectivity index (χ4n) is 4.16. The Morgan fingerprint density at radius 3 is 2.12 bits per heavy atom. The molecule has 0 atom stereocenters. The first-order valence-corrected chi connectivity index (χ1v) is 11.9. The molecule has 0 unspecified atom stereocenters. The van der Waals surface area contributed by atoms with Crippen LogP contribution >= 0.6 is 12.4 Å². The van der Waals surface area contributed by atoms with Gasteiger partial charge in [-0.2, -0.15) is 17.6 Å². The Labute approximate surface area is 194 Å². The molecule has 5 rings (SSSR count). The molecule has 1 aromatic heterocycles. The minimum atomic E-state index is -3.73. The molecule has 0 bridgehead atoms. The van der Waals surface area contributed by atoms with Gasteiger partial charge in [0, 0.05) is 43.8 Å². The minimum absolute atomic E-state index is 0. The van der Waals surface area contributed by atoms with Gasteiger partial charge in [0.25, 0.3) is 10.0 Å². The summed E-state index contributed by atoms with van der Waals surface area (Å²) in [4.78, 5) is 5.01. The first-order chi connectivity index (χ1) is 15.1. The highest BCUT2D eigenvalue weighted by Crippen LogP contribution is 2.29. The summed E-state index contributed by atoms with van der Waals surface area (Å²) in [6.07, 6.45) is 1.67. The van der Waals surface area contributed by atoms with Crippen molar-refractivity contribution in [2.45, 2.75) is 11.4 Å². The second-order valence-electron chi connectivity index (χ2n) is 7.76. The third-order valence-corrected chi connectivity index (χ3v) is 7.40. The first kappa shape index (κ1) is 22.3. The summed E-state index contributed by atoms with van der Waals surface area (Å²) in [5.74, 6) is 0. The third-order valence-electron chi connectivity index (χ3n) is 5.79. The smallest absolute Gasteiger partial charge is 0.283 e. The van der Waals surface area contributed by atoms with Crippen molar-refractivity contribution in [2.75, 3.05) is 31.1 Å². The molecule has 1 aliphatic rings. The van der Waals surface area contributed by atoms with Crippen LogP contribution in [0.2, 0.25) is 0 Å². The summed E-state index contributed by atoms with van der Waals surface area (Å²) in [7, 11) is -3.73. The number of nitrogens with zero attached hydrogens (tertiary/aromatic N) is 4. The average molecular weight is 469 g/mol. The molecule has 0 aliphatic carbocycles. The quantitative estimate of drug-likeness (QED) is 0.443. The summed E-state index contributed by atoms with van der Waals surface area (Å²) in [5, 5.41) is 5.12. The van der Waals surface area contributed by atoms with E-state index >= 15 is 0 Å². The number of fused-ring (bicyclic) bond motifs is 1. The molecule has 0 saturated carbocycles. The van der Waals surface area contributed by atoms with E-state index in [4.69, 9.17) is 0 Å². The molecule has 8 heteroatoms. The Balaban J connectivity index is 0.00000245. The second-order valence-corrected chi connectivity index (χ2v) is 9.53. The summed E-state index contributed by atoms with van der Waals surface area (Å²) in [6.45, 7) is 4.65. The van der Waals surface area contributed by atoms with Crippen molar-refractivity contribution in [2.24, 2.45) is 0 Å². The van der Waals surface area contributed by atoms with Gasteiger partial charge in [0.1, 0.15) is 0 Å². The number of hydrogen-bond acceptors (Lipinski definition) is 5. The number of halogens is 1. The summed E-state index contributed by atoms with van der Waals surface area (Å²) in [6, 6.07) is 24.7. The topological polar surface area (TPSA) is 58.4 Å². The fourth-order valence-corrected chi connectivity index (χ4v) is 5.45. The van der Waals surface area contributed by atoms with Gasteiger partial charge in [0.05, 0.1) is 16.6 Å². The Morgan fingerprint density at radius 1 is 0.781 bits per heavy atom. The lowest BCUT2D eigenvalue weighted by molar-refractivity contribution is 0.250. The summed E-state index contributed by atoms with van der Waals surface area (Å²) < 4.78 is 27.3. The van der Waals surface area contributed by atoms with E-state index < -0.39 is 10.0 Å². The summed E-state index contributed by atoms with van der Waals surface area (Å²) in [5.41, 5.74) is 2.96. The van der Waals surface area contributed by atoms with Crippen LogP contribution in [-0.2, 0) is 16.6 Å². The van der Waals surface area contributed by atoms with Crippen molar-refractivity contribution in [3.05, 3.63) is 90.6 Å². The van der Waals surface area contributed by atoms with Crippen LogP contribution in [0, 0.1) is 0 Å². The van der Waals surface area contributed by atoms with E-state index in [2.05, 4.69) is 45.2 Å². The monoisotopic (exact) mass is 468 g/mol. The summed E-state index contributed by atoms with van der Waals surface area (Å²) >= 11 is 0. The van der Waals surface area contributed by atoms with Crippen molar-refractivity contribution in [3.8, 4) is 0 Å². The fraction of sp³-hybridized carbons (Fsp3) is 0.208. The van der Waals surface area contributed by atoms with Crippen LogP contribution in [-0.4, -0.2) is 48.7 Å². The van der Waals surface area contributed by atoms with Gasteiger partial charge in [0.2, 0.25) is 0 Å². The zero-order chi connectivity index (χ0) is 21.3. The molecule has 2 heterocycles. The third kappa shape index (κ3) is 4.24. The van der Waals surface area contributed by atoms with Crippen LogP contribution in [0.15, 0.2) is 90.0 Å². The second kappa shape index (κ2) is 9.32. The van der Waals surface area contributed by atoms with Crippen molar-refractivity contribution < 1.29 is 8.42 Å². The minimum Gasteiger partial charge on any atom is -0.368 e. The molecule has 1 fully saturated rings. The molecule has 0 N–H and O–H groups in total. The maximum Gasteiger partial charge on any atom is 0.283 e. The predicted octanol–water partition coefficient (Wildman–Crippen LogP) is 4.02. The Bertz CT molecular complexity index is 1290. The van der Waals surface area contributed by atoms with E-state index in [1.54, 1.807) is 36.5 Å². The van der Waals surface area contributed by atoms with Crippen LogP contribution in [0.1, 0.15) is 5.56 Å². The number of rotatable bonds is 5. The molecule has 1 aliphatic heterocycles. The molecule has 166 valence electrons. The van der Waals surface area contributed by atoms with E-state index in [1.165, 1.54) is 5.56 Å². The van der Waals surface area contributed by atoms with Crippen LogP contribution < -0.4 is 4.90 Å². The lowest BCUT2D eigenvalue weighted by Gasteiger charge is -2.36. The van der Waals surface area contributed by atoms with E-state index in [-0.39, 0.29) is 17.3 Å². The van der Waals surface area contributed by atoms with E-state index in [0.717, 1.165) is 47.9 Å². The van der Waals surface area contributed by atoms with Gasteiger partial charge in [-0.25, -0.2) is 0 Å². The van der Waals surface area contributed by atoms with Crippen molar-refractivity contribution in [1.82, 2.24) is 14.1 Å². The lowest BCUT2D eigenvalue weighted by Crippen LogP contribution is -2.46. The van der Waals surface area contributed by atoms with Gasteiger partial charge in [-0.05, 0) is 29.8 Å². The van der Waals surface area contributed by atoms with E-state index in [9.17, 15) is 8.42 Å². The number of piperazine rings is 1. The van der Waals surface area contributed by atoms with Gasteiger partial charge in [-0.3, -0.25) is 4.90 Å².